The average molecular weight is 336 g/mol. The van der Waals surface area contributed by atoms with E-state index in [1.54, 1.807) is 0 Å². The summed E-state index contributed by atoms with van der Waals surface area (Å²) in [5, 5.41) is 3.43. The summed E-state index contributed by atoms with van der Waals surface area (Å²) in [6.07, 6.45) is 0. The third kappa shape index (κ3) is 5.29. The SMILES string of the molecule is Cc1cccc(CSCCNc2cccc(Br)c2)c1. The Kier molecular flexibility index (Phi) is 5.80. The van der Waals surface area contributed by atoms with Crippen LogP contribution in [0.4, 0.5) is 5.69 Å². The lowest BCUT2D eigenvalue weighted by Gasteiger charge is -2.07. The first-order valence-corrected chi connectivity index (χ1v) is 8.31. The fourth-order valence-corrected chi connectivity index (χ4v) is 3.06. The molecule has 0 aromatic heterocycles. The number of hydrogen-bond donors (Lipinski definition) is 1. The highest BCUT2D eigenvalue weighted by Gasteiger charge is 1.95. The van der Waals surface area contributed by atoms with E-state index in [1.807, 2.05) is 23.9 Å². The van der Waals surface area contributed by atoms with Gasteiger partial charge in [0.15, 0.2) is 0 Å². The first-order chi connectivity index (χ1) is 9.24. The molecule has 0 amide bonds. The van der Waals surface area contributed by atoms with Crippen molar-refractivity contribution in [2.45, 2.75) is 12.7 Å². The zero-order valence-corrected chi connectivity index (χ0v) is 13.4. The van der Waals surface area contributed by atoms with Crippen LogP contribution < -0.4 is 5.32 Å². The van der Waals surface area contributed by atoms with Crippen molar-refractivity contribution in [3.05, 3.63) is 64.1 Å². The first kappa shape index (κ1) is 14.5. The minimum atomic E-state index is 0.993. The Morgan fingerprint density at radius 2 is 1.95 bits per heavy atom. The highest BCUT2D eigenvalue weighted by molar-refractivity contribution is 9.10. The van der Waals surface area contributed by atoms with Gasteiger partial charge in [-0.05, 0) is 30.7 Å². The summed E-state index contributed by atoms with van der Waals surface area (Å²) in [5.41, 5.74) is 3.92. The van der Waals surface area contributed by atoms with Gasteiger partial charge in [0.2, 0.25) is 0 Å². The molecule has 0 radical (unpaired) electrons. The molecule has 2 aromatic carbocycles. The number of nitrogens with one attached hydrogen (secondary N) is 1. The summed E-state index contributed by atoms with van der Waals surface area (Å²) in [4.78, 5) is 0. The summed E-state index contributed by atoms with van der Waals surface area (Å²) in [6, 6.07) is 17.0. The lowest BCUT2D eigenvalue weighted by atomic mass is 10.2. The van der Waals surface area contributed by atoms with Crippen molar-refractivity contribution in [2.24, 2.45) is 0 Å². The maximum Gasteiger partial charge on any atom is 0.0351 e. The van der Waals surface area contributed by atoms with Crippen LogP contribution in [0.3, 0.4) is 0 Å². The van der Waals surface area contributed by atoms with E-state index in [4.69, 9.17) is 0 Å². The quantitative estimate of drug-likeness (QED) is 0.736. The van der Waals surface area contributed by atoms with Gasteiger partial charge in [-0.2, -0.15) is 11.8 Å². The van der Waals surface area contributed by atoms with Crippen molar-refractivity contribution in [3.63, 3.8) is 0 Å². The molecule has 0 aliphatic rings. The summed E-state index contributed by atoms with van der Waals surface area (Å²) in [5.74, 6) is 2.20. The normalized spacial score (nSPS) is 10.4. The zero-order valence-electron chi connectivity index (χ0n) is 11.0. The molecule has 19 heavy (non-hydrogen) atoms. The minimum Gasteiger partial charge on any atom is -0.384 e. The Labute approximate surface area is 127 Å². The monoisotopic (exact) mass is 335 g/mol. The minimum absolute atomic E-state index is 0.993. The van der Waals surface area contributed by atoms with Crippen LogP contribution in [0.5, 0.6) is 0 Å². The molecule has 2 rings (SSSR count). The molecule has 0 saturated carbocycles. The molecule has 0 heterocycles. The molecule has 0 spiro atoms. The van der Waals surface area contributed by atoms with Gasteiger partial charge in [-0.1, -0.05) is 51.8 Å². The molecule has 1 nitrogen and oxygen atoms in total. The predicted molar refractivity (Wildman–Crippen MR) is 90.0 cm³/mol. The summed E-state index contributed by atoms with van der Waals surface area (Å²) < 4.78 is 1.12. The largest absolute Gasteiger partial charge is 0.384 e. The molecule has 2 aromatic rings. The third-order valence-electron chi connectivity index (χ3n) is 2.75. The van der Waals surface area contributed by atoms with Gasteiger partial charge < -0.3 is 5.32 Å². The molecule has 1 N–H and O–H groups in total. The predicted octanol–water partition coefficient (Wildman–Crippen LogP) is 5.10. The lowest BCUT2D eigenvalue weighted by Crippen LogP contribution is -2.04. The van der Waals surface area contributed by atoms with Crippen LogP contribution in [0.2, 0.25) is 0 Å². The maximum atomic E-state index is 3.48. The summed E-state index contributed by atoms with van der Waals surface area (Å²) in [7, 11) is 0. The molecule has 100 valence electrons. The van der Waals surface area contributed by atoms with Crippen molar-refractivity contribution in [1.29, 1.82) is 0 Å². The standard InChI is InChI=1S/C16H18BrNS/c1-13-4-2-5-14(10-13)12-19-9-8-18-16-7-3-6-15(17)11-16/h2-7,10-11,18H,8-9,12H2,1H3. The zero-order chi connectivity index (χ0) is 13.5. The van der Waals surface area contributed by atoms with E-state index in [9.17, 15) is 0 Å². The third-order valence-corrected chi connectivity index (χ3v) is 4.27. The Morgan fingerprint density at radius 1 is 1.11 bits per heavy atom. The number of aryl methyl sites for hydroxylation is 1. The smallest absolute Gasteiger partial charge is 0.0351 e. The number of thioether (sulfide) groups is 1. The van der Waals surface area contributed by atoms with Crippen LogP contribution in [0, 0.1) is 6.92 Å². The molecule has 0 aliphatic heterocycles. The van der Waals surface area contributed by atoms with Gasteiger partial charge in [-0.25, -0.2) is 0 Å². The summed E-state index contributed by atoms with van der Waals surface area (Å²) >= 11 is 5.44. The Morgan fingerprint density at radius 3 is 2.74 bits per heavy atom. The van der Waals surface area contributed by atoms with Crippen molar-refractivity contribution in [1.82, 2.24) is 0 Å². The second kappa shape index (κ2) is 7.61. The van der Waals surface area contributed by atoms with Crippen molar-refractivity contribution >= 4 is 33.4 Å². The van der Waals surface area contributed by atoms with Crippen LogP contribution >= 0.6 is 27.7 Å². The maximum absolute atomic E-state index is 3.48. The number of anilines is 1. The van der Waals surface area contributed by atoms with E-state index in [0.29, 0.717) is 0 Å². The Balaban J connectivity index is 1.67. The molecule has 0 unspecified atom stereocenters. The van der Waals surface area contributed by atoms with Crippen LogP contribution in [-0.4, -0.2) is 12.3 Å². The fraction of sp³-hybridized carbons (Fsp3) is 0.250. The van der Waals surface area contributed by atoms with Gasteiger partial charge in [0.1, 0.15) is 0 Å². The summed E-state index contributed by atoms with van der Waals surface area (Å²) in [6.45, 7) is 3.13. The van der Waals surface area contributed by atoms with Gasteiger partial charge >= 0.3 is 0 Å². The molecule has 0 atom stereocenters. The highest BCUT2D eigenvalue weighted by Crippen LogP contribution is 2.16. The van der Waals surface area contributed by atoms with Crippen molar-refractivity contribution in [2.75, 3.05) is 17.6 Å². The highest BCUT2D eigenvalue weighted by atomic mass is 79.9. The van der Waals surface area contributed by atoms with Crippen LogP contribution in [0.25, 0.3) is 0 Å². The Hall–Kier alpha value is -0.930. The van der Waals surface area contributed by atoms with E-state index < -0.39 is 0 Å². The molecule has 0 saturated heterocycles. The molecule has 3 heteroatoms. The van der Waals surface area contributed by atoms with E-state index >= 15 is 0 Å². The van der Waals surface area contributed by atoms with Crippen molar-refractivity contribution < 1.29 is 0 Å². The number of hydrogen-bond acceptors (Lipinski definition) is 2. The molecular weight excluding hydrogens is 318 g/mol. The Bertz CT molecular complexity index is 480. The number of rotatable bonds is 6. The number of halogens is 1. The number of benzene rings is 2. The van der Waals surface area contributed by atoms with E-state index in [-0.39, 0.29) is 0 Å². The van der Waals surface area contributed by atoms with E-state index in [1.165, 1.54) is 16.8 Å². The fourth-order valence-electron chi connectivity index (χ4n) is 1.86. The molecule has 0 aliphatic carbocycles. The van der Waals surface area contributed by atoms with E-state index in [0.717, 1.165) is 22.5 Å². The van der Waals surface area contributed by atoms with Crippen LogP contribution in [0.1, 0.15) is 11.1 Å². The van der Waals surface area contributed by atoms with Crippen LogP contribution in [-0.2, 0) is 5.75 Å². The average Bonchev–Trinajstić information content (AvgIpc) is 2.38. The van der Waals surface area contributed by atoms with Gasteiger partial charge in [0, 0.05) is 28.2 Å². The van der Waals surface area contributed by atoms with Gasteiger partial charge in [-0.15, -0.1) is 0 Å². The van der Waals surface area contributed by atoms with Gasteiger partial charge in [0.25, 0.3) is 0 Å². The first-order valence-electron chi connectivity index (χ1n) is 6.37. The van der Waals surface area contributed by atoms with Crippen molar-refractivity contribution in [3.8, 4) is 0 Å². The van der Waals surface area contributed by atoms with Crippen LogP contribution in [0.15, 0.2) is 53.0 Å². The van der Waals surface area contributed by atoms with E-state index in [2.05, 4.69) is 64.6 Å². The molecule has 0 fully saturated rings. The topological polar surface area (TPSA) is 12.0 Å². The molecule has 0 bridgehead atoms. The van der Waals surface area contributed by atoms with Gasteiger partial charge in [0.05, 0.1) is 0 Å². The van der Waals surface area contributed by atoms with Gasteiger partial charge in [-0.3, -0.25) is 0 Å². The second-order valence-corrected chi connectivity index (χ2v) is 6.50. The lowest BCUT2D eigenvalue weighted by molar-refractivity contribution is 1.22. The second-order valence-electron chi connectivity index (χ2n) is 4.48. The molecular formula is C16H18BrNS.